The molecule has 1 N–H and O–H groups in total. The van der Waals surface area contributed by atoms with E-state index in [4.69, 9.17) is 4.74 Å². The maximum Gasteiger partial charge on any atom is 0.0723 e. The van der Waals surface area contributed by atoms with E-state index in [0.29, 0.717) is 6.10 Å². The molecule has 1 aromatic carbocycles. The first-order valence-corrected chi connectivity index (χ1v) is 8.23. The van der Waals surface area contributed by atoms with Crippen LogP contribution in [-0.4, -0.2) is 48.0 Å². The predicted octanol–water partition coefficient (Wildman–Crippen LogP) is 2.61. The van der Waals surface area contributed by atoms with Gasteiger partial charge in [0.05, 0.1) is 11.7 Å². The average molecular weight is 340 g/mol. The molecule has 3 nitrogen and oxygen atoms in total. The lowest BCUT2D eigenvalue weighted by Gasteiger charge is -2.41. The minimum Gasteiger partial charge on any atom is -0.389 e. The summed E-state index contributed by atoms with van der Waals surface area (Å²) in [6, 6.07) is 8.25. The van der Waals surface area contributed by atoms with E-state index in [1.54, 1.807) is 0 Å². The van der Waals surface area contributed by atoms with Crippen molar-refractivity contribution >= 4 is 15.9 Å². The fraction of sp³-hybridized carbons (Fsp3) is 0.625. The van der Waals surface area contributed by atoms with Gasteiger partial charge >= 0.3 is 0 Å². The van der Waals surface area contributed by atoms with Crippen molar-refractivity contribution in [3.05, 3.63) is 34.3 Å². The Kier molecular flexibility index (Phi) is 4.46. The summed E-state index contributed by atoms with van der Waals surface area (Å²) in [7, 11) is 0. The number of halogens is 1. The van der Waals surface area contributed by atoms with Gasteiger partial charge in [0.2, 0.25) is 0 Å². The molecule has 1 unspecified atom stereocenters. The third-order valence-electron chi connectivity index (χ3n) is 4.46. The third kappa shape index (κ3) is 3.61. The summed E-state index contributed by atoms with van der Waals surface area (Å²) >= 11 is 3.49. The zero-order chi connectivity index (χ0) is 14.0. The number of nitrogens with zero attached hydrogens (tertiary/aromatic N) is 1. The summed E-state index contributed by atoms with van der Waals surface area (Å²) in [5.41, 5.74) is 0.662. The summed E-state index contributed by atoms with van der Waals surface area (Å²) in [6.45, 7) is 3.91. The topological polar surface area (TPSA) is 32.7 Å². The Balaban J connectivity index is 1.52. The van der Waals surface area contributed by atoms with E-state index < -0.39 is 5.60 Å². The number of likely N-dealkylation sites (tertiary alicyclic amines) is 1. The highest BCUT2D eigenvalue weighted by atomic mass is 79.9. The van der Waals surface area contributed by atoms with Gasteiger partial charge in [-0.3, -0.25) is 0 Å². The molecule has 20 heavy (non-hydrogen) atoms. The fourth-order valence-electron chi connectivity index (χ4n) is 3.07. The Morgan fingerprint density at radius 2 is 2.10 bits per heavy atom. The van der Waals surface area contributed by atoms with Crippen LogP contribution < -0.4 is 0 Å². The Hall–Kier alpha value is -0.420. The highest BCUT2D eigenvalue weighted by Crippen LogP contribution is 2.28. The van der Waals surface area contributed by atoms with Crippen LogP contribution in [0.1, 0.15) is 24.8 Å². The van der Waals surface area contributed by atoms with Crippen molar-refractivity contribution in [3.8, 4) is 0 Å². The average Bonchev–Trinajstić information content (AvgIpc) is 2.36. The first kappa shape index (κ1) is 14.5. The van der Waals surface area contributed by atoms with Crippen molar-refractivity contribution in [1.82, 2.24) is 4.90 Å². The quantitative estimate of drug-likeness (QED) is 0.915. The van der Waals surface area contributed by atoms with Crippen LogP contribution in [0, 0.1) is 0 Å². The van der Waals surface area contributed by atoms with Crippen LogP contribution in [0.4, 0.5) is 0 Å². The lowest BCUT2D eigenvalue weighted by atomic mass is 9.85. The van der Waals surface area contributed by atoms with Gasteiger partial charge < -0.3 is 14.7 Å². The fourth-order valence-corrected chi connectivity index (χ4v) is 3.52. The van der Waals surface area contributed by atoms with Gasteiger partial charge in [0, 0.05) is 37.1 Å². The lowest BCUT2D eigenvalue weighted by molar-refractivity contribution is -0.0830. The zero-order valence-corrected chi connectivity index (χ0v) is 13.3. The summed E-state index contributed by atoms with van der Waals surface area (Å²) in [5.74, 6) is 0. The van der Waals surface area contributed by atoms with Crippen LogP contribution >= 0.6 is 15.9 Å². The highest BCUT2D eigenvalue weighted by molar-refractivity contribution is 9.10. The molecule has 3 rings (SSSR count). The summed E-state index contributed by atoms with van der Waals surface area (Å²) in [6.07, 6.45) is 4.09. The molecule has 0 aliphatic carbocycles. The monoisotopic (exact) mass is 339 g/mol. The number of piperidine rings is 1. The first-order valence-electron chi connectivity index (χ1n) is 7.44. The molecule has 0 amide bonds. The smallest absolute Gasteiger partial charge is 0.0723 e. The Morgan fingerprint density at radius 3 is 2.70 bits per heavy atom. The Morgan fingerprint density at radius 1 is 1.35 bits per heavy atom. The van der Waals surface area contributed by atoms with Crippen LogP contribution in [-0.2, 0) is 11.2 Å². The molecule has 0 radical (unpaired) electrons. The first-order chi connectivity index (χ1) is 9.63. The highest BCUT2D eigenvalue weighted by Gasteiger charge is 2.33. The van der Waals surface area contributed by atoms with Crippen molar-refractivity contribution in [2.75, 3.05) is 26.2 Å². The van der Waals surface area contributed by atoms with Gasteiger partial charge in [-0.25, -0.2) is 0 Å². The van der Waals surface area contributed by atoms with Gasteiger partial charge in [0.15, 0.2) is 0 Å². The molecule has 2 aliphatic rings. The number of ether oxygens (including phenoxy) is 1. The molecular formula is C16H22BrNO2. The van der Waals surface area contributed by atoms with Crippen LogP contribution in [0.5, 0.6) is 0 Å². The van der Waals surface area contributed by atoms with Gasteiger partial charge in [-0.1, -0.05) is 28.1 Å². The van der Waals surface area contributed by atoms with E-state index in [1.807, 2.05) is 12.1 Å². The van der Waals surface area contributed by atoms with Gasteiger partial charge in [-0.05, 0) is 37.0 Å². The summed E-state index contributed by atoms with van der Waals surface area (Å²) in [4.78, 5) is 2.43. The van der Waals surface area contributed by atoms with Crippen molar-refractivity contribution in [3.63, 3.8) is 0 Å². The molecule has 0 bridgehead atoms. The van der Waals surface area contributed by atoms with Crippen LogP contribution in [0.25, 0.3) is 0 Å². The van der Waals surface area contributed by atoms with Gasteiger partial charge in [0.1, 0.15) is 0 Å². The molecule has 110 valence electrons. The molecule has 2 fully saturated rings. The standard InChI is InChI=1S/C16H22BrNO2/c17-14-3-1-2-13(10-14)11-16(19)5-7-18(8-6-16)12-15-4-9-20-15/h1-3,10,15,19H,4-9,11-12H2. The normalized spacial score (nSPS) is 26.2. The van der Waals surface area contributed by atoms with Crippen molar-refractivity contribution in [2.24, 2.45) is 0 Å². The lowest BCUT2D eigenvalue weighted by Crippen LogP contribution is -2.49. The zero-order valence-electron chi connectivity index (χ0n) is 11.7. The minimum absolute atomic E-state index is 0.436. The number of hydrogen-bond acceptors (Lipinski definition) is 3. The molecule has 4 heteroatoms. The molecule has 2 aliphatic heterocycles. The molecule has 0 aromatic heterocycles. The van der Waals surface area contributed by atoms with Crippen LogP contribution in [0.15, 0.2) is 28.7 Å². The van der Waals surface area contributed by atoms with Crippen molar-refractivity contribution in [1.29, 1.82) is 0 Å². The molecule has 0 spiro atoms. The predicted molar refractivity (Wildman–Crippen MR) is 82.8 cm³/mol. The van der Waals surface area contributed by atoms with E-state index in [-0.39, 0.29) is 0 Å². The second-order valence-corrected chi connectivity index (χ2v) is 7.03. The maximum absolute atomic E-state index is 10.8. The van der Waals surface area contributed by atoms with Gasteiger partial charge in [-0.2, -0.15) is 0 Å². The Labute approximate surface area is 129 Å². The molecule has 1 aromatic rings. The molecule has 2 heterocycles. The number of rotatable bonds is 4. The molecular weight excluding hydrogens is 318 g/mol. The van der Waals surface area contributed by atoms with Gasteiger partial charge in [0.25, 0.3) is 0 Å². The van der Waals surface area contributed by atoms with E-state index >= 15 is 0 Å². The largest absolute Gasteiger partial charge is 0.389 e. The van der Waals surface area contributed by atoms with Gasteiger partial charge in [-0.15, -0.1) is 0 Å². The van der Waals surface area contributed by atoms with Crippen molar-refractivity contribution in [2.45, 2.75) is 37.4 Å². The van der Waals surface area contributed by atoms with E-state index in [0.717, 1.165) is 50.0 Å². The molecule has 0 saturated carbocycles. The second kappa shape index (κ2) is 6.14. The number of aliphatic hydroxyl groups is 1. The van der Waals surface area contributed by atoms with Crippen LogP contribution in [0.3, 0.4) is 0 Å². The molecule has 2 saturated heterocycles. The Bertz CT molecular complexity index is 454. The summed E-state index contributed by atoms with van der Waals surface area (Å²) in [5, 5.41) is 10.8. The second-order valence-electron chi connectivity index (χ2n) is 6.11. The SMILES string of the molecule is OC1(Cc2cccc(Br)c2)CCN(CC2CCO2)CC1. The maximum atomic E-state index is 10.8. The van der Waals surface area contributed by atoms with E-state index in [9.17, 15) is 5.11 Å². The van der Waals surface area contributed by atoms with E-state index in [1.165, 1.54) is 12.0 Å². The summed E-state index contributed by atoms with van der Waals surface area (Å²) < 4.78 is 6.57. The number of hydrogen-bond donors (Lipinski definition) is 1. The number of benzene rings is 1. The third-order valence-corrected chi connectivity index (χ3v) is 4.96. The minimum atomic E-state index is -0.544. The van der Waals surface area contributed by atoms with Crippen LogP contribution in [0.2, 0.25) is 0 Å². The van der Waals surface area contributed by atoms with E-state index in [2.05, 4.69) is 33.0 Å². The van der Waals surface area contributed by atoms with Crippen molar-refractivity contribution < 1.29 is 9.84 Å². The molecule has 1 atom stereocenters.